The third-order valence-corrected chi connectivity index (χ3v) is 19.6. The van der Waals surface area contributed by atoms with Crippen molar-refractivity contribution in [2.45, 2.75) is 199 Å². The van der Waals surface area contributed by atoms with E-state index in [2.05, 4.69) is 111 Å². The van der Waals surface area contributed by atoms with Crippen LogP contribution in [0.15, 0.2) is 126 Å². The predicted octanol–water partition coefficient (Wildman–Crippen LogP) is 21.3. The molecule has 102 heavy (non-hydrogen) atoms. The van der Waals surface area contributed by atoms with E-state index in [1.165, 1.54) is 128 Å². The number of fused-ring (bicyclic) bond motifs is 6. The Labute approximate surface area is 605 Å². The fourth-order valence-corrected chi connectivity index (χ4v) is 13.3. The molecule has 0 aliphatic carbocycles. The van der Waals surface area contributed by atoms with Gasteiger partial charge in [-0.25, -0.2) is 0 Å². The number of allylic oxidation sites excluding steroid dienone is 5. The molecular formula is C84H114N6O12. The van der Waals surface area contributed by atoms with E-state index >= 15 is 0 Å². The van der Waals surface area contributed by atoms with Gasteiger partial charge in [-0.3, -0.25) is 14.4 Å². The maximum absolute atomic E-state index is 13.4. The number of nitrogens with one attached hydrogen (secondary N) is 3. The summed E-state index contributed by atoms with van der Waals surface area (Å²) in [6, 6.07) is 22.3. The summed E-state index contributed by atoms with van der Waals surface area (Å²) in [7, 11) is 0. The van der Waals surface area contributed by atoms with Crippen molar-refractivity contribution in [3.05, 3.63) is 143 Å². The second-order valence-electron chi connectivity index (χ2n) is 29.8. The Morgan fingerprint density at radius 3 is 1.10 bits per heavy atom. The number of rotatable bonds is 30. The molecule has 6 aromatic carbocycles. The van der Waals surface area contributed by atoms with E-state index in [4.69, 9.17) is 0 Å². The van der Waals surface area contributed by atoms with Gasteiger partial charge >= 0.3 is 0 Å². The Morgan fingerprint density at radius 1 is 0.363 bits per heavy atom. The lowest BCUT2D eigenvalue weighted by Gasteiger charge is -2.25. The van der Waals surface area contributed by atoms with E-state index in [-0.39, 0.29) is 92.2 Å². The minimum absolute atomic E-state index is 0.0711. The molecular weight excluding hydrogens is 1280 g/mol. The fraction of sp³-hybridized carbons (Fsp3) is 0.464. The van der Waals surface area contributed by atoms with Crippen molar-refractivity contribution in [3.8, 4) is 51.7 Å². The highest BCUT2D eigenvalue weighted by atomic mass is 16.3. The van der Waals surface area contributed by atoms with Crippen LogP contribution in [0.4, 0.5) is 51.2 Å². The van der Waals surface area contributed by atoms with Crippen LogP contribution in [-0.2, 0) is 0 Å². The summed E-state index contributed by atoms with van der Waals surface area (Å²) in [5.74, 6) is 1.68. The van der Waals surface area contributed by atoms with E-state index in [0.29, 0.717) is 88.4 Å². The first kappa shape index (κ1) is 79.9. The molecule has 18 heteroatoms. The summed E-state index contributed by atoms with van der Waals surface area (Å²) < 4.78 is 0. The molecule has 18 nitrogen and oxygen atoms in total. The summed E-state index contributed by atoms with van der Waals surface area (Å²) in [6.45, 7) is 27.8. The number of benzene rings is 6. The Morgan fingerprint density at radius 2 is 0.686 bits per heavy atom. The summed E-state index contributed by atoms with van der Waals surface area (Å²) >= 11 is 0. The molecule has 4 unspecified atom stereocenters. The first-order valence-electron chi connectivity index (χ1n) is 36.9. The van der Waals surface area contributed by atoms with Gasteiger partial charge in [0.05, 0.1) is 50.8 Å². The van der Waals surface area contributed by atoms with Gasteiger partial charge in [-0.2, -0.15) is 0 Å². The maximum Gasteiger partial charge on any atom is 0.260 e. The molecule has 0 bridgehead atoms. The zero-order chi connectivity index (χ0) is 74.5. The fourth-order valence-electron chi connectivity index (χ4n) is 13.3. The van der Waals surface area contributed by atoms with Crippen LogP contribution >= 0.6 is 0 Å². The van der Waals surface area contributed by atoms with Crippen LogP contribution in [0.25, 0.3) is 0 Å². The molecule has 4 atom stereocenters. The molecule has 0 radical (unpaired) electrons. The van der Waals surface area contributed by atoms with E-state index in [1.807, 2.05) is 6.08 Å². The molecule has 12 N–H and O–H groups in total. The Bertz CT molecular complexity index is 3930. The van der Waals surface area contributed by atoms with E-state index in [1.54, 1.807) is 46.2 Å². The number of para-hydroxylation sites is 3. The molecule has 0 saturated carbocycles. The SMILES string of the molecule is C/C(=C\CCC(C)CCN1C(=O)c2cccc(O)c2Nc2c(O)cc(O)cc21)CCCC(C)C.C/C(=C\CN1C(=O)c2cccc(O)c2Nc2c(O)cc(O)cc21)CCCC(C)CCCC(C)C.CC(C)=CCCC(C)CCCC(C)CCN1C(=O)c2cccc(O)c2Nc2c(O)cc(O)cc21. The number of carbonyl (C=O) groups excluding carboxylic acids is 3. The van der Waals surface area contributed by atoms with E-state index < -0.39 is 0 Å². The van der Waals surface area contributed by atoms with Gasteiger partial charge in [0.2, 0.25) is 0 Å². The highest BCUT2D eigenvalue weighted by Gasteiger charge is 2.34. The van der Waals surface area contributed by atoms with Gasteiger partial charge in [0.15, 0.2) is 0 Å². The highest BCUT2D eigenvalue weighted by molar-refractivity contribution is 6.17. The number of aromatic hydroxyl groups is 9. The Balaban J connectivity index is 0.000000214. The van der Waals surface area contributed by atoms with Gasteiger partial charge in [-0.1, -0.05) is 160 Å². The number of phenolic OH excluding ortho intramolecular Hbond substituents is 9. The van der Waals surface area contributed by atoms with Crippen LogP contribution in [0, 0.1) is 35.5 Å². The van der Waals surface area contributed by atoms with E-state index in [9.17, 15) is 60.3 Å². The standard InChI is InChI=1S/3C28H38N2O4/c3*1-18(2)8-5-9-19(3)10-6-11-20(4)14-15-30-23-16-21(31)17-25(33)27(23)29-26-22(28(30)34)12-7-13-24(26)32/h7,12-14,16-19,29,31-33H,5-6,8-11,15H2,1-4H3;7,10,12-13,16-18,20,29,31-33H,5-6,8-9,11,14-15H2,1-4H3;7-8,12-13,16-17,19-20,29,31-33H,5-6,9-11,14-15H2,1-4H3/b20-14+;19-10+;. The van der Waals surface area contributed by atoms with Crippen molar-refractivity contribution in [1.29, 1.82) is 0 Å². The van der Waals surface area contributed by atoms with Gasteiger partial charge in [0.1, 0.15) is 68.8 Å². The molecule has 0 spiro atoms. The number of anilines is 9. The Kier molecular flexibility index (Phi) is 29.8. The van der Waals surface area contributed by atoms with E-state index in [0.717, 1.165) is 76.0 Å². The largest absolute Gasteiger partial charge is 0.508 e. The summed E-state index contributed by atoms with van der Waals surface area (Å²) in [6.07, 6.45) is 26.8. The second kappa shape index (κ2) is 38.0. The minimum atomic E-state index is -0.315. The van der Waals surface area contributed by atoms with Crippen molar-refractivity contribution in [3.63, 3.8) is 0 Å². The normalized spacial score (nSPS) is 14.5. The molecule has 552 valence electrons. The molecule has 6 aromatic rings. The summed E-state index contributed by atoms with van der Waals surface area (Å²) in [5.41, 5.74) is 7.73. The molecule has 0 fully saturated rings. The first-order chi connectivity index (χ1) is 48.5. The first-order valence-corrected chi connectivity index (χ1v) is 36.9. The highest BCUT2D eigenvalue weighted by Crippen LogP contribution is 2.49. The minimum Gasteiger partial charge on any atom is -0.508 e. The molecule has 3 aliphatic heterocycles. The van der Waals surface area contributed by atoms with Crippen molar-refractivity contribution in [1.82, 2.24) is 0 Å². The summed E-state index contributed by atoms with van der Waals surface area (Å²) in [5, 5.41) is 102. The molecule has 3 aliphatic rings. The third kappa shape index (κ3) is 22.5. The van der Waals surface area contributed by atoms with Gasteiger partial charge < -0.3 is 76.6 Å². The zero-order valence-corrected chi connectivity index (χ0v) is 62.3. The molecule has 3 amide bonds. The van der Waals surface area contributed by atoms with Gasteiger partial charge in [-0.05, 0) is 164 Å². The summed E-state index contributed by atoms with van der Waals surface area (Å²) in [4.78, 5) is 45.0. The smallest absolute Gasteiger partial charge is 0.260 e. The second-order valence-corrected chi connectivity index (χ2v) is 29.8. The molecule has 9 rings (SSSR count). The number of hydrogen-bond acceptors (Lipinski definition) is 15. The van der Waals surface area contributed by atoms with Crippen molar-refractivity contribution < 1.29 is 60.3 Å². The molecule has 0 aromatic heterocycles. The maximum atomic E-state index is 13.4. The lowest BCUT2D eigenvalue weighted by Crippen LogP contribution is -2.32. The lowest BCUT2D eigenvalue weighted by atomic mass is 9.93. The predicted molar refractivity (Wildman–Crippen MR) is 415 cm³/mol. The quantitative estimate of drug-likeness (QED) is 0.0113. The van der Waals surface area contributed by atoms with Crippen LogP contribution < -0.4 is 30.7 Å². The Hall–Kier alpha value is -9.45. The van der Waals surface area contributed by atoms with Crippen LogP contribution in [0.1, 0.15) is 230 Å². The number of hydrogen-bond donors (Lipinski definition) is 12. The van der Waals surface area contributed by atoms with Crippen LogP contribution in [0.3, 0.4) is 0 Å². The third-order valence-electron chi connectivity index (χ3n) is 19.6. The number of amides is 3. The lowest BCUT2D eigenvalue weighted by molar-refractivity contribution is 0.0979. The van der Waals surface area contributed by atoms with Crippen LogP contribution in [-0.4, -0.2) is 83.3 Å². The van der Waals surface area contributed by atoms with Gasteiger partial charge in [0, 0.05) is 56.0 Å². The monoisotopic (exact) mass is 1400 g/mol. The van der Waals surface area contributed by atoms with Gasteiger partial charge in [-0.15, -0.1) is 0 Å². The molecule has 0 saturated heterocycles. The average molecular weight is 1400 g/mol. The van der Waals surface area contributed by atoms with Crippen LogP contribution in [0.5, 0.6) is 51.7 Å². The molecule has 3 heterocycles. The number of nitrogens with zero attached hydrogens (tertiary/aromatic N) is 3. The topological polar surface area (TPSA) is 279 Å². The van der Waals surface area contributed by atoms with Gasteiger partial charge in [0.25, 0.3) is 17.7 Å². The average Bonchev–Trinajstić information content (AvgIpc) is 1.48. The van der Waals surface area contributed by atoms with Crippen LogP contribution in [0.2, 0.25) is 0 Å². The number of phenols is 9. The van der Waals surface area contributed by atoms with Crippen molar-refractivity contribution in [2.75, 3.05) is 50.3 Å². The number of carbonyl (C=O) groups is 3. The zero-order valence-electron chi connectivity index (χ0n) is 62.3. The van der Waals surface area contributed by atoms with Crippen molar-refractivity contribution >= 4 is 68.9 Å². The van der Waals surface area contributed by atoms with Crippen molar-refractivity contribution in [2.24, 2.45) is 35.5 Å².